The third kappa shape index (κ3) is 4.79. The number of hydrogen-bond acceptors (Lipinski definition) is 4. The van der Waals surface area contributed by atoms with E-state index in [9.17, 15) is 19.6 Å². The Bertz CT molecular complexity index is 1420. The molecule has 0 radical (unpaired) electrons. The van der Waals surface area contributed by atoms with Gasteiger partial charge >= 0.3 is 0 Å². The third-order valence-corrected chi connectivity index (χ3v) is 7.36. The van der Waals surface area contributed by atoms with Crippen LogP contribution >= 0.6 is 0 Å². The van der Waals surface area contributed by atoms with Gasteiger partial charge in [0.25, 0.3) is 5.91 Å². The molecule has 1 aliphatic rings. The molecule has 1 N–H and O–H groups in total. The number of hydrogen-bond donors (Lipinski definition) is 1. The summed E-state index contributed by atoms with van der Waals surface area (Å²) in [5.74, 6) is -1.09. The Morgan fingerprint density at radius 1 is 1.11 bits per heavy atom. The predicted molar refractivity (Wildman–Crippen MR) is 145 cm³/mol. The van der Waals surface area contributed by atoms with E-state index in [4.69, 9.17) is 0 Å². The maximum Gasteiger partial charge on any atom is 0.252 e. The van der Waals surface area contributed by atoms with E-state index in [2.05, 4.69) is 17.5 Å². The van der Waals surface area contributed by atoms with Crippen LogP contribution in [0.4, 0.5) is 11.4 Å². The minimum atomic E-state index is -0.960. The Labute approximate surface area is 217 Å². The highest BCUT2D eigenvalue weighted by molar-refractivity contribution is 6.09. The SMILES string of the molecule is CC[C@@H](C)C(=O)NC1C(=O)N(Cc2c(C)ccc3ccccc23)c2ccc(C#N)cc2N(C(C)=O)[C@H]1C. The van der Waals surface area contributed by atoms with Crippen molar-refractivity contribution < 1.29 is 14.4 Å². The number of rotatable bonds is 5. The molecule has 190 valence electrons. The lowest BCUT2D eigenvalue weighted by atomic mass is 9.98. The number of nitriles is 1. The van der Waals surface area contributed by atoms with Gasteiger partial charge in [-0.2, -0.15) is 5.26 Å². The first-order chi connectivity index (χ1) is 17.7. The van der Waals surface area contributed by atoms with Crippen LogP contribution < -0.4 is 15.1 Å². The number of anilines is 2. The molecule has 1 heterocycles. The molecule has 0 saturated heterocycles. The Morgan fingerprint density at radius 3 is 2.51 bits per heavy atom. The smallest absolute Gasteiger partial charge is 0.252 e. The van der Waals surface area contributed by atoms with Gasteiger partial charge in [-0.05, 0) is 60.4 Å². The zero-order chi connectivity index (χ0) is 26.9. The van der Waals surface area contributed by atoms with Gasteiger partial charge in [0.1, 0.15) is 6.04 Å². The molecule has 1 aliphatic heterocycles. The second kappa shape index (κ2) is 10.4. The first kappa shape index (κ1) is 25.9. The lowest BCUT2D eigenvalue weighted by molar-refractivity contribution is -0.130. The van der Waals surface area contributed by atoms with Crippen molar-refractivity contribution >= 4 is 39.9 Å². The van der Waals surface area contributed by atoms with E-state index in [-0.39, 0.29) is 30.2 Å². The molecular weight excluding hydrogens is 464 g/mol. The molecule has 3 aromatic carbocycles. The summed E-state index contributed by atoms with van der Waals surface area (Å²) in [6.45, 7) is 9.18. The minimum absolute atomic E-state index is 0.235. The van der Waals surface area contributed by atoms with Crippen molar-refractivity contribution in [2.24, 2.45) is 5.92 Å². The van der Waals surface area contributed by atoms with Crippen LogP contribution in [0.1, 0.15) is 50.8 Å². The van der Waals surface area contributed by atoms with Crippen LogP contribution in [0.5, 0.6) is 0 Å². The maximum atomic E-state index is 14.2. The van der Waals surface area contributed by atoms with E-state index >= 15 is 0 Å². The van der Waals surface area contributed by atoms with Crippen LogP contribution in [0, 0.1) is 24.2 Å². The standard InChI is InChI=1S/C30H32N4O3/c1-6-18(2)29(36)32-28-20(4)34(21(5)35)27-15-22(16-31)12-14-26(27)33(30(28)37)17-25-19(3)11-13-23-9-7-8-10-24(23)25/h7-15,18,20,28H,6,17H2,1-5H3,(H,32,36)/t18-,20+,28?/m1/s1. The molecule has 37 heavy (non-hydrogen) atoms. The molecule has 0 fully saturated rings. The lowest BCUT2D eigenvalue weighted by Crippen LogP contribution is -2.58. The van der Waals surface area contributed by atoms with Crippen molar-refractivity contribution in [2.45, 2.75) is 59.7 Å². The van der Waals surface area contributed by atoms with Crippen molar-refractivity contribution in [1.29, 1.82) is 5.26 Å². The second-order valence-corrected chi connectivity index (χ2v) is 9.75. The zero-order valence-electron chi connectivity index (χ0n) is 21.9. The van der Waals surface area contributed by atoms with Gasteiger partial charge in [0.15, 0.2) is 0 Å². The summed E-state index contributed by atoms with van der Waals surface area (Å²) in [6.07, 6.45) is 0.627. The number of fused-ring (bicyclic) bond motifs is 2. The predicted octanol–water partition coefficient (Wildman–Crippen LogP) is 4.84. The monoisotopic (exact) mass is 496 g/mol. The summed E-state index contributed by atoms with van der Waals surface area (Å²) in [5.41, 5.74) is 3.40. The largest absolute Gasteiger partial charge is 0.342 e. The number of aryl methyl sites for hydroxylation is 1. The number of carbonyl (C=O) groups is 3. The highest BCUT2D eigenvalue weighted by atomic mass is 16.2. The van der Waals surface area contributed by atoms with E-state index < -0.39 is 12.1 Å². The van der Waals surface area contributed by atoms with Gasteiger partial charge in [-0.15, -0.1) is 0 Å². The molecule has 4 rings (SSSR count). The number of nitrogens with zero attached hydrogens (tertiary/aromatic N) is 3. The highest BCUT2D eigenvalue weighted by Crippen LogP contribution is 2.38. The van der Waals surface area contributed by atoms with E-state index in [1.165, 1.54) is 11.8 Å². The number of nitrogens with one attached hydrogen (secondary N) is 1. The van der Waals surface area contributed by atoms with Crippen LogP contribution in [-0.2, 0) is 20.9 Å². The fourth-order valence-electron chi connectivity index (χ4n) is 4.97. The molecule has 0 spiro atoms. The van der Waals surface area contributed by atoms with E-state index in [0.717, 1.165) is 21.9 Å². The van der Waals surface area contributed by atoms with Gasteiger partial charge in [-0.25, -0.2) is 0 Å². The average Bonchev–Trinajstić information content (AvgIpc) is 2.97. The molecule has 7 heteroatoms. The van der Waals surface area contributed by atoms with E-state index in [0.29, 0.717) is 23.4 Å². The lowest BCUT2D eigenvalue weighted by Gasteiger charge is -2.32. The Hall–Kier alpha value is -4.18. The molecule has 7 nitrogen and oxygen atoms in total. The summed E-state index contributed by atoms with van der Waals surface area (Å²) >= 11 is 0. The quantitative estimate of drug-likeness (QED) is 0.547. The van der Waals surface area contributed by atoms with E-state index in [1.807, 2.05) is 51.1 Å². The molecular formula is C30H32N4O3. The van der Waals surface area contributed by atoms with E-state index in [1.54, 1.807) is 30.0 Å². The molecule has 3 aromatic rings. The fourth-order valence-corrected chi connectivity index (χ4v) is 4.97. The first-order valence-electron chi connectivity index (χ1n) is 12.6. The van der Waals surface area contributed by atoms with Gasteiger partial charge in [-0.1, -0.05) is 50.2 Å². The second-order valence-electron chi connectivity index (χ2n) is 9.75. The summed E-state index contributed by atoms with van der Waals surface area (Å²) in [7, 11) is 0. The summed E-state index contributed by atoms with van der Waals surface area (Å²) in [4.78, 5) is 43.3. The van der Waals surface area contributed by atoms with Gasteiger partial charge in [0.05, 0.1) is 35.6 Å². The number of benzene rings is 3. The topological polar surface area (TPSA) is 93.5 Å². The Balaban J connectivity index is 1.92. The van der Waals surface area contributed by atoms with Crippen molar-refractivity contribution in [3.8, 4) is 6.07 Å². The van der Waals surface area contributed by atoms with Crippen molar-refractivity contribution in [2.75, 3.05) is 9.80 Å². The van der Waals surface area contributed by atoms with Crippen molar-refractivity contribution in [3.05, 3.63) is 71.3 Å². The normalized spacial score (nSPS) is 18.1. The van der Waals surface area contributed by atoms with Crippen LogP contribution in [0.15, 0.2) is 54.6 Å². The molecule has 3 atom stereocenters. The average molecular weight is 497 g/mol. The number of carbonyl (C=O) groups excluding carboxylic acids is 3. The van der Waals surface area contributed by atoms with Crippen LogP contribution in [-0.4, -0.2) is 29.8 Å². The molecule has 0 bridgehead atoms. The molecule has 0 aliphatic carbocycles. The number of amides is 3. The Morgan fingerprint density at radius 2 is 1.84 bits per heavy atom. The first-order valence-corrected chi connectivity index (χ1v) is 12.6. The van der Waals surface area contributed by atoms with Gasteiger partial charge in [-0.3, -0.25) is 14.4 Å². The molecule has 0 aromatic heterocycles. The third-order valence-electron chi connectivity index (χ3n) is 7.36. The fraction of sp³-hybridized carbons (Fsp3) is 0.333. The van der Waals surface area contributed by atoms with Crippen LogP contribution in [0.25, 0.3) is 10.8 Å². The summed E-state index contributed by atoms with van der Waals surface area (Å²) in [5, 5.41) is 14.6. The molecule has 3 amide bonds. The Kier molecular flexibility index (Phi) is 7.30. The van der Waals surface area contributed by atoms with Gasteiger partial charge < -0.3 is 15.1 Å². The van der Waals surface area contributed by atoms with Crippen LogP contribution in [0.3, 0.4) is 0 Å². The zero-order valence-corrected chi connectivity index (χ0v) is 21.9. The van der Waals surface area contributed by atoms with Gasteiger partial charge in [0, 0.05) is 12.8 Å². The van der Waals surface area contributed by atoms with Crippen LogP contribution in [0.2, 0.25) is 0 Å². The minimum Gasteiger partial charge on any atom is -0.342 e. The van der Waals surface area contributed by atoms with Crippen molar-refractivity contribution in [1.82, 2.24) is 5.32 Å². The molecule has 0 saturated carbocycles. The summed E-state index contributed by atoms with van der Waals surface area (Å²) in [6, 6.07) is 17.6. The van der Waals surface area contributed by atoms with Crippen molar-refractivity contribution in [3.63, 3.8) is 0 Å². The maximum absolute atomic E-state index is 14.2. The molecule has 1 unspecified atom stereocenters. The summed E-state index contributed by atoms with van der Waals surface area (Å²) < 4.78 is 0. The highest BCUT2D eigenvalue weighted by Gasteiger charge is 2.41. The van der Waals surface area contributed by atoms with Gasteiger partial charge in [0.2, 0.25) is 11.8 Å².